The van der Waals surface area contributed by atoms with E-state index in [-0.39, 0.29) is 0 Å². The van der Waals surface area contributed by atoms with Crippen molar-refractivity contribution in [3.05, 3.63) is 15.6 Å². The number of carbonyl (C=O) groups is 2. The number of ether oxygens (including phenoxy) is 1. The molecule has 2 N–H and O–H groups in total. The Morgan fingerprint density at radius 2 is 2.25 bits per heavy atom. The van der Waals surface area contributed by atoms with Gasteiger partial charge in [0, 0.05) is 5.92 Å². The number of carbonyl (C=O) groups excluding carboxylic acids is 2. The second kappa shape index (κ2) is 5.28. The number of amides is 1. The van der Waals surface area contributed by atoms with Crippen LogP contribution >= 0.6 is 11.3 Å². The first-order valence-electron chi connectivity index (χ1n) is 4.50. The number of primary amides is 1. The maximum Gasteiger partial charge on any atom is 0.350 e. The molecule has 1 amide bonds. The van der Waals surface area contributed by atoms with Gasteiger partial charge < -0.3 is 10.5 Å². The summed E-state index contributed by atoms with van der Waals surface area (Å²) in [5.41, 5.74) is 5.40. The number of hydrogen-bond donors (Lipinski definition) is 1. The number of rotatable bonds is 2. The van der Waals surface area contributed by atoms with Crippen molar-refractivity contribution >= 4 is 23.2 Å². The minimum atomic E-state index is -0.731. The van der Waals surface area contributed by atoms with Crippen LogP contribution in [-0.2, 0) is 9.53 Å². The number of esters is 1. The van der Waals surface area contributed by atoms with Crippen molar-refractivity contribution in [3.63, 3.8) is 0 Å². The van der Waals surface area contributed by atoms with Gasteiger partial charge in [0.25, 0.3) is 5.91 Å². The van der Waals surface area contributed by atoms with E-state index in [4.69, 9.17) is 10.5 Å². The highest BCUT2D eigenvalue weighted by molar-refractivity contribution is 7.14. The van der Waals surface area contributed by atoms with E-state index < -0.39 is 11.9 Å². The van der Waals surface area contributed by atoms with E-state index in [9.17, 15) is 9.59 Å². The fraction of sp³-hybridized carbons (Fsp3) is 0.300. The Balaban J connectivity index is 2.95. The summed E-state index contributed by atoms with van der Waals surface area (Å²) in [5.74, 6) is 3.48. The molecule has 0 fully saturated rings. The largest absolute Gasteiger partial charge is 0.462 e. The first-order valence-corrected chi connectivity index (χ1v) is 5.32. The highest BCUT2D eigenvalue weighted by atomic mass is 32.1. The average molecular weight is 238 g/mol. The third-order valence-electron chi connectivity index (χ3n) is 1.55. The Labute approximate surface area is 96.6 Å². The standard InChI is InChI=1S/C10H10N2O3S/c1-3-15-10(14)9-6(2)12-8(16-9)5-4-7(11)13/h3H2,1-2H3,(H2,11,13). The predicted molar refractivity (Wildman–Crippen MR) is 58.9 cm³/mol. The maximum absolute atomic E-state index is 11.4. The number of aryl methyl sites for hydroxylation is 1. The molecule has 16 heavy (non-hydrogen) atoms. The van der Waals surface area contributed by atoms with Gasteiger partial charge in [-0.3, -0.25) is 4.79 Å². The van der Waals surface area contributed by atoms with Crippen molar-refractivity contribution in [3.8, 4) is 11.8 Å². The summed E-state index contributed by atoms with van der Waals surface area (Å²) < 4.78 is 4.84. The second-order valence-electron chi connectivity index (χ2n) is 2.77. The van der Waals surface area contributed by atoms with Crippen LogP contribution in [-0.4, -0.2) is 23.5 Å². The maximum atomic E-state index is 11.4. The smallest absolute Gasteiger partial charge is 0.350 e. The normalized spacial score (nSPS) is 9.12. The summed E-state index contributed by atoms with van der Waals surface area (Å²) >= 11 is 1.08. The van der Waals surface area contributed by atoms with Crippen molar-refractivity contribution in [2.24, 2.45) is 5.73 Å². The molecule has 0 radical (unpaired) electrons. The van der Waals surface area contributed by atoms with Gasteiger partial charge in [0.15, 0.2) is 5.01 Å². The van der Waals surface area contributed by atoms with E-state index in [0.29, 0.717) is 22.2 Å². The lowest BCUT2D eigenvalue weighted by Crippen LogP contribution is -2.06. The van der Waals surface area contributed by atoms with Crippen LogP contribution in [0.1, 0.15) is 27.3 Å². The zero-order valence-corrected chi connectivity index (χ0v) is 9.68. The predicted octanol–water partition coefficient (Wildman–Crippen LogP) is 0.465. The minimum absolute atomic E-state index is 0.304. The van der Waals surface area contributed by atoms with Crippen LogP contribution in [0.5, 0.6) is 0 Å². The SMILES string of the molecule is CCOC(=O)c1sc(C#CC(N)=O)nc1C. The zero-order valence-electron chi connectivity index (χ0n) is 8.86. The molecule has 0 atom stereocenters. The molecule has 0 aliphatic rings. The third-order valence-corrected chi connectivity index (χ3v) is 2.60. The number of nitrogens with zero attached hydrogens (tertiary/aromatic N) is 1. The molecule has 0 saturated carbocycles. The number of thiazole rings is 1. The Kier molecular flexibility index (Phi) is 4.03. The van der Waals surface area contributed by atoms with Gasteiger partial charge in [-0.25, -0.2) is 9.78 Å². The van der Waals surface area contributed by atoms with Gasteiger partial charge >= 0.3 is 5.97 Å². The van der Waals surface area contributed by atoms with E-state index in [2.05, 4.69) is 16.8 Å². The Hall–Kier alpha value is -1.87. The molecule has 0 aromatic carbocycles. The second-order valence-corrected chi connectivity index (χ2v) is 3.77. The molecule has 5 nitrogen and oxygen atoms in total. The lowest BCUT2D eigenvalue weighted by molar-refractivity contribution is -0.112. The topological polar surface area (TPSA) is 82.3 Å². The molecule has 1 heterocycles. The van der Waals surface area contributed by atoms with Gasteiger partial charge in [0.05, 0.1) is 12.3 Å². The fourth-order valence-corrected chi connectivity index (χ4v) is 1.76. The molecule has 0 spiro atoms. The van der Waals surface area contributed by atoms with E-state index in [1.165, 1.54) is 0 Å². The lowest BCUT2D eigenvalue weighted by atomic mass is 10.4. The van der Waals surface area contributed by atoms with E-state index in [1.807, 2.05) is 0 Å². The van der Waals surface area contributed by atoms with Crippen LogP contribution in [0.2, 0.25) is 0 Å². The summed E-state index contributed by atoms with van der Waals surface area (Å²) in [6, 6.07) is 0. The van der Waals surface area contributed by atoms with Gasteiger partial charge in [-0.2, -0.15) is 0 Å². The van der Waals surface area contributed by atoms with Gasteiger partial charge in [0.2, 0.25) is 0 Å². The number of hydrogen-bond acceptors (Lipinski definition) is 5. The molecule has 0 bridgehead atoms. The highest BCUT2D eigenvalue weighted by Crippen LogP contribution is 2.18. The Morgan fingerprint density at radius 1 is 1.56 bits per heavy atom. The van der Waals surface area contributed by atoms with E-state index >= 15 is 0 Å². The molecule has 0 aliphatic heterocycles. The molecule has 1 aromatic rings. The summed E-state index contributed by atoms with van der Waals surface area (Å²) in [4.78, 5) is 26.3. The summed E-state index contributed by atoms with van der Waals surface area (Å²) in [6.07, 6.45) is 0. The number of aromatic nitrogens is 1. The summed E-state index contributed by atoms with van der Waals surface area (Å²) in [5, 5.41) is 0.374. The third kappa shape index (κ3) is 3.07. The average Bonchev–Trinajstić information content (AvgIpc) is 2.57. The van der Waals surface area contributed by atoms with Crippen LogP contribution in [0.25, 0.3) is 0 Å². The van der Waals surface area contributed by atoms with Crippen LogP contribution < -0.4 is 5.73 Å². The van der Waals surface area contributed by atoms with Crippen molar-refractivity contribution in [1.82, 2.24) is 4.98 Å². The minimum Gasteiger partial charge on any atom is -0.462 e. The lowest BCUT2D eigenvalue weighted by Gasteiger charge is -1.97. The van der Waals surface area contributed by atoms with Crippen molar-refractivity contribution in [2.75, 3.05) is 6.61 Å². The van der Waals surface area contributed by atoms with Crippen LogP contribution in [0.3, 0.4) is 0 Å². The molecule has 0 aliphatic carbocycles. The van der Waals surface area contributed by atoms with Crippen molar-refractivity contribution in [1.29, 1.82) is 0 Å². The van der Waals surface area contributed by atoms with E-state index in [0.717, 1.165) is 11.3 Å². The number of nitrogens with two attached hydrogens (primary N) is 1. The summed E-state index contributed by atoms with van der Waals surface area (Å²) in [6.45, 7) is 3.71. The molecule has 0 saturated heterocycles. The Morgan fingerprint density at radius 3 is 2.81 bits per heavy atom. The van der Waals surface area contributed by atoms with Gasteiger partial charge in [0.1, 0.15) is 4.88 Å². The van der Waals surface area contributed by atoms with Crippen LogP contribution in [0, 0.1) is 18.8 Å². The fourth-order valence-electron chi connectivity index (χ4n) is 0.951. The molecular weight excluding hydrogens is 228 g/mol. The van der Waals surface area contributed by atoms with Gasteiger partial charge in [-0.1, -0.05) is 11.3 Å². The van der Waals surface area contributed by atoms with Crippen molar-refractivity contribution in [2.45, 2.75) is 13.8 Å². The first kappa shape index (κ1) is 12.2. The zero-order chi connectivity index (χ0) is 12.1. The Bertz CT molecular complexity index is 482. The molecule has 84 valence electrons. The highest BCUT2D eigenvalue weighted by Gasteiger charge is 2.15. The van der Waals surface area contributed by atoms with Crippen molar-refractivity contribution < 1.29 is 14.3 Å². The molecular formula is C10H10N2O3S. The van der Waals surface area contributed by atoms with Crippen LogP contribution in [0.4, 0.5) is 0 Å². The molecule has 6 heteroatoms. The van der Waals surface area contributed by atoms with Gasteiger partial charge in [-0.15, -0.1) is 0 Å². The van der Waals surface area contributed by atoms with E-state index in [1.54, 1.807) is 13.8 Å². The molecule has 1 aromatic heterocycles. The first-order chi connectivity index (χ1) is 7.54. The quantitative estimate of drug-likeness (QED) is 0.599. The van der Waals surface area contributed by atoms with Gasteiger partial charge in [-0.05, 0) is 19.8 Å². The molecule has 1 rings (SSSR count). The monoisotopic (exact) mass is 238 g/mol. The van der Waals surface area contributed by atoms with Crippen LogP contribution in [0.15, 0.2) is 0 Å². The molecule has 0 unspecified atom stereocenters. The summed E-state index contributed by atoms with van der Waals surface area (Å²) in [7, 11) is 0.